The molecule has 1 aliphatic carbocycles. The first-order valence-corrected chi connectivity index (χ1v) is 9.68. The number of carbonyl (C=O) groups is 1. The van der Waals surface area contributed by atoms with Crippen LogP contribution >= 0.6 is 0 Å². The first-order valence-electron chi connectivity index (χ1n) is 9.68. The van der Waals surface area contributed by atoms with E-state index in [-0.39, 0.29) is 47.8 Å². The van der Waals surface area contributed by atoms with E-state index < -0.39 is 0 Å². The minimum absolute atomic E-state index is 0.00457. The lowest BCUT2D eigenvalue weighted by Gasteiger charge is -2.34. The van der Waals surface area contributed by atoms with Gasteiger partial charge in [0.05, 0.1) is 33.9 Å². The van der Waals surface area contributed by atoms with Crippen molar-refractivity contribution < 1.29 is 38.3 Å². The van der Waals surface area contributed by atoms with Crippen molar-refractivity contribution in [3.05, 3.63) is 34.9 Å². The van der Waals surface area contributed by atoms with Crippen molar-refractivity contribution in [2.45, 2.75) is 12.3 Å². The number of phenols is 1. The van der Waals surface area contributed by atoms with Gasteiger partial charge in [0.2, 0.25) is 18.3 Å². The molecule has 1 saturated heterocycles. The van der Waals surface area contributed by atoms with Crippen LogP contribution in [0.4, 0.5) is 0 Å². The highest BCUT2D eigenvalue weighted by molar-refractivity contribution is 5.79. The Hall–Kier alpha value is -3.29. The Morgan fingerprint density at radius 1 is 1.00 bits per heavy atom. The van der Waals surface area contributed by atoms with Crippen LogP contribution in [0.3, 0.4) is 0 Å². The molecule has 3 atom stereocenters. The zero-order valence-electron chi connectivity index (χ0n) is 16.9. The second-order valence-corrected chi connectivity index (χ2v) is 7.58. The molecule has 2 aromatic carbocycles. The van der Waals surface area contributed by atoms with Crippen LogP contribution in [0.25, 0.3) is 0 Å². The summed E-state index contributed by atoms with van der Waals surface area (Å²) in [5.74, 6) is 1.28. The van der Waals surface area contributed by atoms with Crippen molar-refractivity contribution in [1.82, 2.24) is 0 Å². The summed E-state index contributed by atoms with van der Waals surface area (Å²) < 4.78 is 33.1. The van der Waals surface area contributed by atoms with Gasteiger partial charge in [-0.2, -0.15) is 0 Å². The van der Waals surface area contributed by atoms with Gasteiger partial charge in [-0.3, -0.25) is 4.79 Å². The zero-order chi connectivity index (χ0) is 21.0. The van der Waals surface area contributed by atoms with Gasteiger partial charge in [-0.05, 0) is 35.7 Å². The number of rotatable bonds is 4. The number of cyclic esters (lactones) is 1. The van der Waals surface area contributed by atoms with Crippen molar-refractivity contribution in [3.8, 4) is 34.5 Å². The minimum Gasteiger partial charge on any atom is -0.502 e. The van der Waals surface area contributed by atoms with E-state index in [1.165, 1.54) is 14.2 Å². The number of aromatic hydroxyl groups is 1. The fourth-order valence-corrected chi connectivity index (χ4v) is 4.89. The summed E-state index contributed by atoms with van der Waals surface area (Å²) in [5, 5.41) is 10.4. The van der Waals surface area contributed by atoms with Crippen LogP contribution in [0.1, 0.15) is 22.6 Å². The lowest BCUT2D eigenvalue weighted by atomic mass is 9.67. The van der Waals surface area contributed by atoms with Crippen LogP contribution < -0.4 is 23.7 Å². The first kappa shape index (κ1) is 18.7. The molecule has 3 unspecified atom stereocenters. The lowest BCUT2D eigenvalue weighted by molar-refractivity contribution is -0.141. The predicted octanol–water partition coefficient (Wildman–Crippen LogP) is 2.62. The quantitative estimate of drug-likeness (QED) is 0.764. The molecule has 0 radical (unpaired) electrons. The number of esters is 1. The van der Waals surface area contributed by atoms with Crippen LogP contribution in [0.15, 0.2) is 18.2 Å². The maximum atomic E-state index is 12.7. The van der Waals surface area contributed by atoms with E-state index in [4.69, 9.17) is 28.4 Å². The molecule has 0 spiro atoms. The van der Waals surface area contributed by atoms with E-state index in [9.17, 15) is 9.90 Å². The molecule has 3 aliphatic rings. The number of ether oxygens (including phenoxy) is 6. The number of benzene rings is 2. The monoisotopic (exact) mass is 414 g/mol. The van der Waals surface area contributed by atoms with Gasteiger partial charge in [0.15, 0.2) is 23.0 Å². The highest BCUT2D eigenvalue weighted by Gasteiger charge is 2.49. The molecular weight excluding hydrogens is 392 g/mol. The van der Waals surface area contributed by atoms with Crippen LogP contribution in [-0.2, 0) is 16.0 Å². The number of fused-ring (bicyclic) bond motifs is 3. The van der Waals surface area contributed by atoms with Crippen LogP contribution in [0.5, 0.6) is 34.5 Å². The van der Waals surface area contributed by atoms with Crippen molar-refractivity contribution in [1.29, 1.82) is 0 Å². The second kappa shape index (κ2) is 6.90. The second-order valence-electron chi connectivity index (χ2n) is 7.58. The molecule has 0 amide bonds. The molecule has 0 aromatic heterocycles. The van der Waals surface area contributed by atoms with Gasteiger partial charge in [-0.15, -0.1) is 0 Å². The van der Waals surface area contributed by atoms with Gasteiger partial charge in [-0.25, -0.2) is 0 Å². The summed E-state index contributed by atoms with van der Waals surface area (Å²) >= 11 is 0. The number of carbonyl (C=O) groups excluding carboxylic acids is 1. The fourth-order valence-electron chi connectivity index (χ4n) is 4.89. The number of phenolic OH excluding ortho intramolecular Hbond substituents is 1. The van der Waals surface area contributed by atoms with Gasteiger partial charge in [0, 0.05) is 17.4 Å². The first-order chi connectivity index (χ1) is 14.6. The van der Waals surface area contributed by atoms with E-state index in [0.29, 0.717) is 30.3 Å². The average Bonchev–Trinajstić information content (AvgIpc) is 3.37. The summed E-state index contributed by atoms with van der Waals surface area (Å²) in [6.45, 7) is 0.471. The van der Waals surface area contributed by atoms with Gasteiger partial charge >= 0.3 is 5.97 Å². The molecule has 0 saturated carbocycles. The summed E-state index contributed by atoms with van der Waals surface area (Å²) in [7, 11) is 4.54. The molecule has 158 valence electrons. The third-order valence-corrected chi connectivity index (χ3v) is 6.20. The van der Waals surface area contributed by atoms with Crippen molar-refractivity contribution in [3.63, 3.8) is 0 Å². The van der Waals surface area contributed by atoms with E-state index in [1.807, 2.05) is 6.07 Å². The molecule has 2 aliphatic heterocycles. The van der Waals surface area contributed by atoms with Crippen molar-refractivity contribution in [2.75, 3.05) is 34.7 Å². The summed E-state index contributed by atoms with van der Waals surface area (Å²) in [6.07, 6.45) is 0.633. The highest BCUT2D eigenvalue weighted by Crippen LogP contribution is 2.56. The summed E-state index contributed by atoms with van der Waals surface area (Å²) in [5.41, 5.74) is 2.65. The van der Waals surface area contributed by atoms with E-state index in [2.05, 4.69) is 0 Å². The van der Waals surface area contributed by atoms with Crippen molar-refractivity contribution >= 4 is 5.97 Å². The molecule has 2 aromatic rings. The van der Waals surface area contributed by atoms with Gasteiger partial charge in [0.1, 0.15) is 0 Å². The van der Waals surface area contributed by atoms with Crippen LogP contribution in [-0.4, -0.2) is 45.8 Å². The van der Waals surface area contributed by atoms with E-state index in [1.54, 1.807) is 19.2 Å². The average molecular weight is 414 g/mol. The molecule has 5 rings (SSSR count). The van der Waals surface area contributed by atoms with Crippen LogP contribution in [0, 0.1) is 11.8 Å². The Morgan fingerprint density at radius 3 is 2.40 bits per heavy atom. The fraction of sp³-hybridized carbons (Fsp3) is 0.409. The predicted molar refractivity (Wildman–Crippen MR) is 104 cm³/mol. The van der Waals surface area contributed by atoms with Gasteiger partial charge < -0.3 is 33.5 Å². The Morgan fingerprint density at radius 2 is 1.73 bits per heavy atom. The minimum atomic E-state index is -0.374. The van der Waals surface area contributed by atoms with E-state index in [0.717, 1.165) is 16.7 Å². The SMILES string of the molecule is COc1cc(C2c3cc4c(c(OC)c3CC3COC(=O)C32)OCO4)cc(OC)c1O. The Kier molecular flexibility index (Phi) is 4.30. The number of hydrogen-bond donors (Lipinski definition) is 1. The summed E-state index contributed by atoms with van der Waals surface area (Å²) in [4.78, 5) is 12.7. The number of hydrogen-bond acceptors (Lipinski definition) is 8. The van der Waals surface area contributed by atoms with Crippen LogP contribution in [0.2, 0.25) is 0 Å². The molecule has 30 heavy (non-hydrogen) atoms. The Balaban J connectivity index is 1.76. The smallest absolute Gasteiger partial charge is 0.310 e. The Bertz CT molecular complexity index is 1010. The third-order valence-electron chi connectivity index (χ3n) is 6.20. The molecule has 2 heterocycles. The molecular formula is C22H22O8. The van der Waals surface area contributed by atoms with Crippen molar-refractivity contribution in [2.24, 2.45) is 11.8 Å². The normalized spacial score (nSPS) is 23.4. The number of methoxy groups -OCH3 is 3. The molecule has 0 bridgehead atoms. The Labute approximate surface area is 173 Å². The van der Waals surface area contributed by atoms with Gasteiger partial charge in [0.25, 0.3) is 0 Å². The topological polar surface area (TPSA) is 92.7 Å². The highest BCUT2D eigenvalue weighted by atomic mass is 16.7. The standard InChI is InChI=1S/C22H22O8/c1-25-14-5-10(6-15(26-2)19(14)23)17-12-7-16-21(30-9-29-16)20(27-3)13(12)4-11-8-28-22(24)18(11)17/h5-7,11,17-18,23H,4,8-9H2,1-3H3. The maximum Gasteiger partial charge on any atom is 0.310 e. The lowest BCUT2D eigenvalue weighted by Crippen LogP contribution is -2.32. The molecule has 1 fully saturated rings. The molecule has 8 heteroatoms. The molecule has 8 nitrogen and oxygen atoms in total. The summed E-state index contributed by atoms with van der Waals surface area (Å²) in [6, 6.07) is 5.38. The largest absolute Gasteiger partial charge is 0.502 e. The zero-order valence-corrected chi connectivity index (χ0v) is 16.9. The van der Waals surface area contributed by atoms with E-state index >= 15 is 0 Å². The van der Waals surface area contributed by atoms with Gasteiger partial charge in [-0.1, -0.05) is 0 Å². The molecule has 1 N–H and O–H groups in total. The maximum absolute atomic E-state index is 12.7. The third kappa shape index (κ3) is 2.56.